The third kappa shape index (κ3) is 1.29. The van der Waals surface area contributed by atoms with Gasteiger partial charge in [-0.1, -0.05) is 18.2 Å². The highest BCUT2D eigenvalue weighted by Gasteiger charge is 2.13. The first-order chi connectivity index (χ1) is 8.24. The number of fused-ring (bicyclic) bond motifs is 3. The van der Waals surface area contributed by atoms with E-state index in [-0.39, 0.29) is 6.61 Å². The number of aromatic nitrogens is 2. The molecule has 2 heterocycles. The van der Waals surface area contributed by atoms with Crippen molar-refractivity contribution in [2.45, 2.75) is 13.5 Å². The second-order valence-electron chi connectivity index (χ2n) is 4.32. The van der Waals surface area contributed by atoms with E-state index >= 15 is 0 Å². The quantitative estimate of drug-likeness (QED) is 0.692. The molecule has 2 aromatic heterocycles. The summed E-state index contributed by atoms with van der Waals surface area (Å²) in [6, 6.07) is 8.24. The minimum atomic E-state index is 0.0319. The van der Waals surface area contributed by atoms with E-state index in [0.29, 0.717) is 0 Å². The fourth-order valence-corrected chi connectivity index (χ4v) is 2.49. The highest BCUT2D eigenvalue weighted by molar-refractivity contribution is 6.09. The first-order valence-corrected chi connectivity index (χ1v) is 5.66. The first kappa shape index (κ1) is 10.3. The Morgan fingerprint density at radius 1 is 1.24 bits per heavy atom. The van der Waals surface area contributed by atoms with Crippen LogP contribution in [-0.2, 0) is 13.7 Å². The molecule has 3 rings (SSSR count). The Hall–Kier alpha value is -1.87. The van der Waals surface area contributed by atoms with Gasteiger partial charge in [0.05, 0.1) is 18.3 Å². The van der Waals surface area contributed by atoms with Gasteiger partial charge in [-0.15, -0.1) is 0 Å². The molecule has 17 heavy (non-hydrogen) atoms. The van der Waals surface area contributed by atoms with Crippen LogP contribution in [0, 0.1) is 6.92 Å². The fraction of sp³-hybridized carbons (Fsp3) is 0.214. The Bertz CT molecular complexity index is 713. The van der Waals surface area contributed by atoms with E-state index in [1.165, 1.54) is 10.9 Å². The molecule has 0 atom stereocenters. The average molecular weight is 226 g/mol. The van der Waals surface area contributed by atoms with Crippen molar-refractivity contribution in [1.82, 2.24) is 9.55 Å². The summed E-state index contributed by atoms with van der Waals surface area (Å²) in [4.78, 5) is 4.35. The molecular formula is C14H14N2O. The Morgan fingerprint density at radius 3 is 2.76 bits per heavy atom. The van der Waals surface area contributed by atoms with Gasteiger partial charge in [0.2, 0.25) is 0 Å². The number of aliphatic hydroxyl groups excluding tert-OH is 1. The van der Waals surface area contributed by atoms with E-state index < -0.39 is 0 Å². The van der Waals surface area contributed by atoms with Gasteiger partial charge in [-0.05, 0) is 13.0 Å². The second kappa shape index (κ2) is 3.57. The van der Waals surface area contributed by atoms with Crippen LogP contribution in [0.1, 0.15) is 11.3 Å². The average Bonchev–Trinajstić information content (AvgIpc) is 2.64. The van der Waals surface area contributed by atoms with Crippen LogP contribution in [0.3, 0.4) is 0 Å². The van der Waals surface area contributed by atoms with Gasteiger partial charge in [0, 0.05) is 34.6 Å². The van der Waals surface area contributed by atoms with Gasteiger partial charge in [0.1, 0.15) is 0 Å². The Kier molecular flexibility index (Phi) is 2.16. The topological polar surface area (TPSA) is 38.1 Å². The predicted octanol–water partition coefficient (Wildman–Crippen LogP) is 2.53. The lowest BCUT2D eigenvalue weighted by atomic mass is 10.1. The van der Waals surface area contributed by atoms with Crippen molar-refractivity contribution in [2.75, 3.05) is 0 Å². The van der Waals surface area contributed by atoms with Gasteiger partial charge in [0.25, 0.3) is 0 Å². The second-order valence-corrected chi connectivity index (χ2v) is 4.32. The molecule has 0 aliphatic heterocycles. The Morgan fingerprint density at radius 2 is 2.00 bits per heavy atom. The molecule has 0 radical (unpaired) electrons. The summed E-state index contributed by atoms with van der Waals surface area (Å²) in [6.45, 7) is 1.97. The standard InChI is InChI=1S/C14H14N2O/c1-9-11(8-17)14-10-5-3-4-6-12(10)16(2)13(14)7-15-9/h3-7,17H,8H2,1-2H3. The van der Waals surface area contributed by atoms with Gasteiger partial charge < -0.3 is 9.67 Å². The van der Waals surface area contributed by atoms with Crippen molar-refractivity contribution in [2.24, 2.45) is 7.05 Å². The van der Waals surface area contributed by atoms with Crippen LogP contribution in [-0.4, -0.2) is 14.7 Å². The molecule has 1 N–H and O–H groups in total. The molecule has 1 aromatic carbocycles. The maximum Gasteiger partial charge on any atom is 0.0706 e. The molecule has 0 amide bonds. The van der Waals surface area contributed by atoms with Gasteiger partial charge in [-0.3, -0.25) is 4.98 Å². The van der Waals surface area contributed by atoms with Crippen LogP contribution in [0.4, 0.5) is 0 Å². The minimum Gasteiger partial charge on any atom is -0.392 e. The van der Waals surface area contributed by atoms with E-state index in [1.807, 2.05) is 32.3 Å². The van der Waals surface area contributed by atoms with Crippen molar-refractivity contribution in [3.05, 3.63) is 41.7 Å². The zero-order valence-electron chi connectivity index (χ0n) is 9.94. The normalized spacial score (nSPS) is 11.5. The molecule has 0 aliphatic rings. The van der Waals surface area contributed by atoms with Crippen LogP contribution in [0.5, 0.6) is 0 Å². The lowest BCUT2D eigenvalue weighted by Crippen LogP contribution is -1.94. The van der Waals surface area contributed by atoms with Gasteiger partial charge >= 0.3 is 0 Å². The van der Waals surface area contributed by atoms with Gasteiger partial charge in [-0.25, -0.2) is 0 Å². The molecule has 0 saturated heterocycles. The lowest BCUT2D eigenvalue weighted by molar-refractivity contribution is 0.282. The van der Waals surface area contributed by atoms with Gasteiger partial charge in [-0.2, -0.15) is 0 Å². The summed E-state index contributed by atoms with van der Waals surface area (Å²) in [5.41, 5.74) is 4.07. The van der Waals surface area contributed by atoms with Gasteiger partial charge in [0.15, 0.2) is 0 Å². The maximum atomic E-state index is 9.54. The third-order valence-electron chi connectivity index (χ3n) is 3.43. The molecule has 3 heteroatoms. The van der Waals surface area contributed by atoms with Crippen molar-refractivity contribution in [3.8, 4) is 0 Å². The molecular weight excluding hydrogens is 212 g/mol. The van der Waals surface area contributed by atoms with Crippen LogP contribution >= 0.6 is 0 Å². The van der Waals surface area contributed by atoms with Crippen molar-refractivity contribution in [3.63, 3.8) is 0 Å². The van der Waals surface area contributed by atoms with Crippen LogP contribution in [0.25, 0.3) is 21.8 Å². The summed E-state index contributed by atoms with van der Waals surface area (Å²) in [5, 5.41) is 11.8. The first-order valence-electron chi connectivity index (χ1n) is 5.66. The highest BCUT2D eigenvalue weighted by atomic mass is 16.3. The number of aryl methyl sites for hydroxylation is 2. The van der Waals surface area contributed by atoms with E-state index in [4.69, 9.17) is 0 Å². The number of hydrogen-bond donors (Lipinski definition) is 1. The molecule has 0 saturated carbocycles. The SMILES string of the molecule is Cc1ncc2c(c1CO)c1ccccc1n2C. The van der Waals surface area contributed by atoms with E-state index in [2.05, 4.69) is 21.7 Å². The Balaban J connectivity index is 2.63. The van der Waals surface area contributed by atoms with Crippen LogP contribution in [0.2, 0.25) is 0 Å². The van der Waals surface area contributed by atoms with Crippen molar-refractivity contribution in [1.29, 1.82) is 0 Å². The molecule has 0 fully saturated rings. The summed E-state index contributed by atoms with van der Waals surface area (Å²) in [6.07, 6.45) is 1.88. The van der Waals surface area contributed by atoms with Crippen LogP contribution in [0.15, 0.2) is 30.5 Å². The number of para-hydroxylation sites is 1. The Labute approximate surface area is 99.3 Å². The molecule has 86 valence electrons. The minimum absolute atomic E-state index is 0.0319. The van der Waals surface area contributed by atoms with E-state index in [1.54, 1.807) is 0 Å². The zero-order chi connectivity index (χ0) is 12.0. The molecule has 3 nitrogen and oxygen atoms in total. The van der Waals surface area contributed by atoms with Crippen LogP contribution < -0.4 is 0 Å². The summed E-state index contributed by atoms with van der Waals surface area (Å²) in [7, 11) is 2.03. The summed E-state index contributed by atoms with van der Waals surface area (Å²) >= 11 is 0. The number of rotatable bonds is 1. The third-order valence-corrected chi connectivity index (χ3v) is 3.43. The van der Waals surface area contributed by atoms with E-state index in [0.717, 1.165) is 22.2 Å². The number of benzene rings is 1. The number of pyridine rings is 1. The highest BCUT2D eigenvalue weighted by Crippen LogP contribution is 2.31. The maximum absolute atomic E-state index is 9.54. The fourth-order valence-electron chi connectivity index (χ4n) is 2.49. The molecule has 0 spiro atoms. The molecule has 0 bridgehead atoms. The van der Waals surface area contributed by atoms with Crippen molar-refractivity contribution < 1.29 is 5.11 Å². The predicted molar refractivity (Wildman–Crippen MR) is 68.9 cm³/mol. The summed E-state index contributed by atoms with van der Waals surface area (Å²) < 4.78 is 2.12. The number of hydrogen-bond acceptors (Lipinski definition) is 2. The summed E-state index contributed by atoms with van der Waals surface area (Å²) in [5.74, 6) is 0. The van der Waals surface area contributed by atoms with E-state index in [9.17, 15) is 5.11 Å². The monoisotopic (exact) mass is 226 g/mol. The smallest absolute Gasteiger partial charge is 0.0706 e. The molecule has 0 unspecified atom stereocenters. The lowest BCUT2D eigenvalue weighted by Gasteiger charge is -2.04. The van der Waals surface area contributed by atoms with Crippen molar-refractivity contribution >= 4 is 21.8 Å². The largest absolute Gasteiger partial charge is 0.392 e. The number of aliphatic hydroxyl groups is 1. The zero-order valence-corrected chi connectivity index (χ0v) is 9.94. The molecule has 3 aromatic rings. The number of nitrogens with zero attached hydrogens (tertiary/aromatic N) is 2. The molecule has 0 aliphatic carbocycles.